The third-order valence-corrected chi connectivity index (χ3v) is 9.85. The van der Waals surface area contributed by atoms with E-state index in [-0.39, 0.29) is 42.3 Å². The van der Waals surface area contributed by atoms with Gasteiger partial charge in [-0.2, -0.15) is 0 Å². The topological polar surface area (TPSA) is 120 Å². The van der Waals surface area contributed by atoms with Crippen molar-refractivity contribution in [2.75, 3.05) is 27.2 Å². The Morgan fingerprint density at radius 1 is 0.976 bits per heavy atom. The van der Waals surface area contributed by atoms with Crippen LogP contribution in [-0.4, -0.2) is 85.0 Å². The maximum absolute atomic E-state index is 14.3. The smallest absolute Gasteiger partial charge is 0.409 e. The van der Waals surface area contributed by atoms with Crippen molar-refractivity contribution in [1.29, 1.82) is 0 Å². The maximum Gasteiger partial charge on any atom is 0.409 e. The SMILES string of the molecule is CN[C@@H](C)C(=O)NC(C(=O)N1CC[C@@H]2[C@H]1[C@@H](C(=O)NC1CCCc3ccccc31)CN2C(=O)OC)C1CCCCC1. The number of likely N-dealkylation sites (N-methyl/N-ethyl adjacent to an activating group) is 1. The Bertz CT molecular complexity index is 1140. The average Bonchev–Trinajstić information content (AvgIpc) is 3.60. The summed E-state index contributed by atoms with van der Waals surface area (Å²) in [5.41, 5.74) is 2.40. The van der Waals surface area contributed by atoms with Gasteiger partial charge in [0.1, 0.15) is 6.04 Å². The van der Waals surface area contributed by atoms with Gasteiger partial charge in [0, 0.05) is 13.1 Å². The second-order valence-electron chi connectivity index (χ2n) is 12.2. The van der Waals surface area contributed by atoms with Gasteiger partial charge in [0.2, 0.25) is 17.7 Å². The van der Waals surface area contributed by atoms with E-state index in [2.05, 4.69) is 28.1 Å². The number of hydrogen-bond acceptors (Lipinski definition) is 6. The lowest BCUT2D eigenvalue weighted by Crippen LogP contribution is -2.58. The first-order chi connectivity index (χ1) is 19.8. The Morgan fingerprint density at radius 3 is 2.46 bits per heavy atom. The number of aryl methyl sites for hydroxylation is 1. The monoisotopic (exact) mass is 567 g/mol. The molecule has 5 rings (SSSR count). The van der Waals surface area contributed by atoms with Gasteiger partial charge >= 0.3 is 6.09 Å². The van der Waals surface area contributed by atoms with Crippen molar-refractivity contribution in [3.8, 4) is 0 Å². The number of ether oxygens (including phenoxy) is 1. The molecule has 224 valence electrons. The van der Waals surface area contributed by atoms with E-state index in [0.29, 0.717) is 13.0 Å². The molecule has 0 aromatic heterocycles. The molecule has 4 aliphatic rings. The molecule has 10 heteroatoms. The Hall–Kier alpha value is -3.14. The summed E-state index contributed by atoms with van der Waals surface area (Å²) in [6.45, 7) is 2.40. The van der Waals surface area contributed by atoms with E-state index in [1.165, 1.54) is 12.7 Å². The quantitative estimate of drug-likeness (QED) is 0.466. The molecule has 2 heterocycles. The molecule has 0 bridgehead atoms. The molecule has 1 aromatic rings. The van der Waals surface area contributed by atoms with Gasteiger partial charge in [0.15, 0.2) is 0 Å². The summed E-state index contributed by atoms with van der Waals surface area (Å²) >= 11 is 0. The second-order valence-corrected chi connectivity index (χ2v) is 12.2. The highest BCUT2D eigenvalue weighted by molar-refractivity contribution is 5.91. The summed E-state index contributed by atoms with van der Waals surface area (Å²) in [6.07, 6.45) is 7.88. The van der Waals surface area contributed by atoms with Crippen LogP contribution < -0.4 is 16.0 Å². The Morgan fingerprint density at radius 2 is 1.73 bits per heavy atom. The fourth-order valence-corrected chi connectivity index (χ4v) is 7.52. The van der Waals surface area contributed by atoms with Crippen LogP contribution in [-0.2, 0) is 25.5 Å². The summed E-state index contributed by atoms with van der Waals surface area (Å²) in [7, 11) is 3.07. The van der Waals surface area contributed by atoms with Crippen LogP contribution in [0.25, 0.3) is 0 Å². The maximum atomic E-state index is 14.3. The van der Waals surface area contributed by atoms with Crippen LogP contribution in [0.5, 0.6) is 0 Å². The highest BCUT2D eigenvalue weighted by atomic mass is 16.5. The first kappa shape index (κ1) is 29.4. The number of likely N-dealkylation sites (tertiary alicyclic amines) is 2. The molecule has 4 amide bonds. The van der Waals surface area contributed by atoms with E-state index in [4.69, 9.17) is 4.74 Å². The molecule has 2 aliphatic carbocycles. The fourth-order valence-electron chi connectivity index (χ4n) is 7.52. The van der Waals surface area contributed by atoms with E-state index in [1.807, 2.05) is 12.1 Å². The van der Waals surface area contributed by atoms with Gasteiger partial charge in [-0.25, -0.2) is 4.79 Å². The molecule has 3 N–H and O–H groups in total. The van der Waals surface area contributed by atoms with E-state index < -0.39 is 30.1 Å². The highest BCUT2D eigenvalue weighted by Gasteiger charge is 2.55. The van der Waals surface area contributed by atoms with Crippen molar-refractivity contribution >= 4 is 23.8 Å². The molecular weight excluding hydrogens is 522 g/mol. The van der Waals surface area contributed by atoms with E-state index in [0.717, 1.165) is 56.9 Å². The molecule has 2 saturated heterocycles. The molecule has 6 atom stereocenters. The van der Waals surface area contributed by atoms with Gasteiger partial charge in [-0.15, -0.1) is 0 Å². The normalized spacial score (nSPS) is 27.4. The number of fused-ring (bicyclic) bond motifs is 2. The number of amides is 4. The lowest BCUT2D eigenvalue weighted by Gasteiger charge is -2.36. The van der Waals surface area contributed by atoms with Crippen LogP contribution in [0.3, 0.4) is 0 Å². The zero-order valence-electron chi connectivity index (χ0n) is 24.6. The van der Waals surface area contributed by atoms with Crippen molar-refractivity contribution < 1.29 is 23.9 Å². The Kier molecular flexibility index (Phi) is 9.16. The van der Waals surface area contributed by atoms with Gasteiger partial charge in [0.05, 0.1) is 37.2 Å². The van der Waals surface area contributed by atoms with Crippen molar-refractivity contribution in [3.05, 3.63) is 35.4 Å². The third-order valence-electron chi connectivity index (χ3n) is 9.85. The van der Waals surface area contributed by atoms with E-state index in [9.17, 15) is 19.2 Å². The Labute approximate surface area is 242 Å². The first-order valence-electron chi connectivity index (χ1n) is 15.3. The number of methoxy groups -OCH3 is 1. The van der Waals surface area contributed by atoms with Crippen LogP contribution in [0.4, 0.5) is 4.79 Å². The van der Waals surface area contributed by atoms with Gasteiger partial charge < -0.3 is 30.5 Å². The molecule has 1 aromatic carbocycles. The highest BCUT2D eigenvalue weighted by Crippen LogP contribution is 2.39. The van der Waals surface area contributed by atoms with Crippen LogP contribution in [0, 0.1) is 11.8 Å². The van der Waals surface area contributed by atoms with E-state index in [1.54, 1.807) is 23.8 Å². The minimum Gasteiger partial charge on any atom is -0.453 e. The third kappa shape index (κ3) is 5.94. The summed E-state index contributed by atoms with van der Waals surface area (Å²) < 4.78 is 5.08. The number of hydrogen-bond donors (Lipinski definition) is 3. The van der Waals surface area contributed by atoms with E-state index >= 15 is 0 Å². The van der Waals surface area contributed by atoms with Crippen molar-refractivity contribution in [2.45, 2.75) is 94.9 Å². The van der Waals surface area contributed by atoms with Crippen molar-refractivity contribution in [2.24, 2.45) is 11.8 Å². The minimum atomic E-state index is -0.654. The Balaban J connectivity index is 1.40. The zero-order valence-corrected chi connectivity index (χ0v) is 24.6. The fraction of sp³-hybridized carbons (Fsp3) is 0.677. The molecule has 3 fully saturated rings. The number of carbonyl (C=O) groups excluding carboxylic acids is 4. The van der Waals surface area contributed by atoms with Gasteiger partial charge in [0.25, 0.3) is 0 Å². The van der Waals surface area contributed by atoms with Crippen LogP contribution in [0.2, 0.25) is 0 Å². The van der Waals surface area contributed by atoms with Crippen molar-refractivity contribution in [1.82, 2.24) is 25.8 Å². The lowest BCUT2D eigenvalue weighted by atomic mass is 9.83. The van der Waals surface area contributed by atoms with Crippen LogP contribution >= 0.6 is 0 Å². The number of nitrogens with one attached hydrogen (secondary N) is 3. The first-order valence-corrected chi connectivity index (χ1v) is 15.3. The summed E-state index contributed by atoms with van der Waals surface area (Å²) in [5.74, 6) is -1.03. The molecule has 10 nitrogen and oxygen atoms in total. The molecular formula is C31H45N5O5. The van der Waals surface area contributed by atoms with Gasteiger partial charge in [-0.3, -0.25) is 14.4 Å². The minimum absolute atomic E-state index is 0.0486. The molecule has 1 saturated carbocycles. The largest absolute Gasteiger partial charge is 0.453 e. The predicted molar refractivity (Wildman–Crippen MR) is 154 cm³/mol. The van der Waals surface area contributed by atoms with Crippen LogP contribution in [0.1, 0.15) is 75.5 Å². The number of rotatable bonds is 7. The molecule has 0 radical (unpaired) electrons. The van der Waals surface area contributed by atoms with Crippen LogP contribution in [0.15, 0.2) is 24.3 Å². The number of nitrogens with zero attached hydrogens (tertiary/aromatic N) is 2. The second kappa shape index (κ2) is 12.8. The average molecular weight is 568 g/mol. The summed E-state index contributed by atoms with van der Waals surface area (Å²) in [5, 5.41) is 9.30. The number of benzene rings is 1. The lowest BCUT2D eigenvalue weighted by molar-refractivity contribution is -0.141. The molecule has 41 heavy (non-hydrogen) atoms. The predicted octanol–water partition coefficient (Wildman–Crippen LogP) is 2.52. The van der Waals surface area contributed by atoms with Crippen molar-refractivity contribution in [3.63, 3.8) is 0 Å². The molecule has 2 unspecified atom stereocenters. The number of carbonyl (C=O) groups is 4. The zero-order chi connectivity index (χ0) is 29.1. The summed E-state index contributed by atoms with van der Waals surface area (Å²) in [4.78, 5) is 57.5. The van der Waals surface area contributed by atoms with Gasteiger partial charge in [-0.05, 0) is 69.5 Å². The van der Waals surface area contributed by atoms with Gasteiger partial charge in [-0.1, -0.05) is 43.5 Å². The molecule has 0 spiro atoms. The molecule has 2 aliphatic heterocycles. The standard InChI is InChI=1S/C31H45N5O5/c1-19(32-2)28(37)34-26(21-11-5-4-6-12-21)30(39)35-17-16-25-27(35)23(18-36(25)31(40)41-3)29(38)33-24-15-9-13-20-10-7-8-14-22(20)24/h7-8,10,14,19,21,23-27,32H,4-6,9,11-13,15-18H2,1-3H3,(H,33,38)(H,34,37)/t19-,23-,24?,25+,26?,27+/m0/s1. The summed E-state index contributed by atoms with van der Waals surface area (Å²) in [6, 6.07) is 6.26.